The Morgan fingerprint density at radius 2 is 1.65 bits per heavy atom. The molecule has 0 aliphatic heterocycles. The summed E-state index contributed by atoms with van der Waals surface area (Å²) < 4.78 is 0. The van der Waals surface area contributed by atoms with Gasteiger partial charge in [-0.05, 0) is 28.0 Å². The molecule has 3 aromatic rings. The molecule has 1 amide bonds. The average Bonchev–Trinajstić information content (AvgIpc) is 2.56. The Hall–Kier alpha value is -2.32. The van der Waals surface area contributed by atoms with E-state index in [1.807, 2.05) is 49.5 Å². The van der Waals surface area contributed by atoms with E-state index < -0.39 is 0 Å². The van der Waals surface area contributed by atoms with Crippen molar-refractivity contribution in [3.63, 3.8) is 0 Å². The van der Waals surface area contributed by atoms with Crippen molar-refractivity contribution in [3.8, 4) is 0 Å². The highest BCUT2D eigenvalue weighted by atomic mass is 35.5. The third-order valence-electron chi connectivity index (χ3n) is 3.96. The molecule has 3 heteroatoms. The van der Waals surface area contributed by atoms with Crippen LogP contribution in [0.1, 0.15) is 11.1 Å². The van der Waals surface area contributed by atoms with Crippen molar-refractivity contribution in [2.75, 3.05) is 7.05 Å². The van der Waals surface area contributed by atoms with E-state index in [1.54, 1.807) is 4.90 Å². The van der Waals surface area contributed by atoms with Gasteiger partial charge in [-0.1, -0.05) is 72.3 Å². The molecule has 3 rings (SSSR count). The second kappa shape index (κ2) is 6.84. The normalized spacial score (nSPS) is 10.7. The average molecular weight is 324 g/mol. The fraction of sp³-hybridized carbons (Fsp3) is 0.150. The van der Waals surface area contributed by atoms with Crippen LogP contribution in [0.5, 0.6) is 0 Å². The largest absolute Gasteiger partial charge is 0.341 e. The maximum atomic E-state index is 12.4. The van der Waals surface area contributed by atoms with E-state index >= 15 is 0 Å². The first-order valence-electron chi connectivity index (χ1n) is 7.58. The number of amides is 1. The molecule has 0 N–H and O–H groups in total. The maximum Gasteiger partial charge on any atom is 0.227 e. The second-order valence-electron chi connectivity index (χ2n) is 5.70. The molecule has 0 heterocycles. The second-order valence-corrected chi connectivity index (χ2v) is 6.11. The Kier molecular flexibility index (Phi) is 4.63. The Morgan fingerprint density at radius 3 is 2.43 bits per heavy atom. The Morgan fingerprint density at radius 1 is 0.957 bits per heavy atom. The molecule has 0 bridgehead atoms. The first-order chi connectivity index (χ1) is 11.1. The Bertz CT molecular complexity index is 844. The summed E-state index contributed by atoms with van der Waals surface area (Å²) >= 11 is 6.16. The van der Waals surface area contributed by atoms with Crippen LogP contribution in [0, 0.1) is 0 Å². The van der Waals surface area contributed by atoms with Crippen molar-refractivity contribution >= 4 is 28.3 Å². The smallest absolute Gasteiger partial charge is 0.227 e. The van der Waals surface area contributed by atoms with Gasteiger partial charge in [0, 0.05) is 18.6 Å². The number of carbonyl (C=O) groups excluding carboxylic acids is 1. The van der Waals surface area contributed by atoms with Crippen LogP contribution in [0.25, 0.3) is 10.8 Å². The number of benzene rings is 3. The van der Waals surface area contributed by atoms with E-state index in [4.69, 9.17) is 11.6 Å². The summed E-state index contributed by atoms with van der Waals surface area (Å²) in [4.78, 5) is 14.2. The summed E-state index contributed by atoms with van der Waals surface area (Å²) in [6.45, 7) is 0.520. The molecular weight excluding hydrogens is 306 g/mol. The van der Waals surface area contributed by atoms with Crippen molar-refractivity contribution in [2.45, 2.75) is 13.0 Å². The topological polar surface area (TPSA) is 20.3 Å². The summed E-state index contributed by atoms with van der Waals surface area (Å²) in [7, 11) is 1.81. The molecule has 116 valence electrons. The van der Waals surface area contributed by atoms with Crippen LogP contribution in [0.2, 0.25) is 5.02 Å². The van der Waals surface area contributed by atoms with E-state index in [0.29, 0.717) is 18.0 Å². The lowest BCUT2D eigenvalue weighted by Crippen LogP contribution is -2.27. The zero-order valence-electron chi connectivity index (χ0n) is 13.0. The molecule has 2 nitrogen and oxygen atoms in total. The highest BCUT2D eigenvalue weighted by molar-refractivity contribution is 6.31. The van der Waals surface area contributed by atoms with Crippen molar-refractivity contribution in [1.29, 1.82) is 0 Å². The molecule has 23 heavy (non-hydrogen) atoms. The summed E-state index contributed by atoms with van der Waals surface area (Å²) in [5.41, 5.74) is 1.99. The van der Waals surface area contributed by atoms with Crippen LogP contribution in [0.4, 0.5) is 0 Å². The van der Waals surface area contributed by atoms with Crippen LogP contribution in [0.15, 0.2) is 66.7 Å². The molecule has 3 aromatic carbocycles. The van der Waals surface area contributed by atoms with Gasteiger partial charge in [0.2, 0.25) is 5.91 Å². The molecule has 0 saturated heterocycles. The first-order valence-corrected chi connectivity index (χ1v) is 7.96. The summed E-state index contributed by atoms with van der Waals surface area (Å²) in [5.74, 6) is 0.0835. The monoisotopic (exact) mass is 323 g/mol. The number of carbonyl (C=O) groups is 1. The molecule has 0 spiro atoms. The predicted octanol–water partition coefficient (Wildman–Crippen LogP) is 4.69. The zero-order chi connectivity index (χ0) is 16.2. The zero-order valence-corrected chi connectivity index (χ0v) is 13.8. The molecule has 0 fully saturated rings. The van der Waals surface area contributed by atoms with E-state index in [9.17, 15) is 4.79 Å². The van der Waals surface area contributed by atoms with Gasteiger partial charge in [-0.25, -0.2) is 0 Å². The minimum atomic E-state index is 0.0835. The van der Waals surface area contributed by atoms with E-state index in [0.717, 1.165) is 16.5 Å². The van der Waals surface area contributed by atoms with Gasteiger partial charge in [0.15, 0.2) is 0 Å². The van der Waals surface area contributed by atoms with Crippen LogP contribution in [-0.2, 0) is 17.8 Å². The molecule has 0 aromatic heterocycles. The minimum absolute atomic E-state index is 0.0835. The number of hydrogen-bond acceptors (Lipinski definition) is 1. The molecule has 0 saturated carbocycles. The highest BCUT2D eigenvalue weighted by Gasteiger charge is 2.12. The molecule has 0 aliphatic rings. The number of rotatable bonds is 4. The van der Waals surface area contributed by atoms with Gasteiger partial charge in [-0.15, -0.1) is 0 Å². The molecular formula is C20H18ClNO. The molecule has 0 aliphatic carbocycles. The van der Waals surface area contributed by atoms with Gasteiger partial charge in [0.25, 0.3) is 0 Å². The number of nitrogens with zero attached hydrogens (tertiary/aromatic N) is 1. The molecule has 0 atom stereocenters. The SMILES string of the molecule is CN(Cc1ccccc1Cl)C(=O)Cc1ccc2ccccc2c1. The third-order valence-corrected chi connectivity index (χ3v) is 4.33. The van der Waals surface area contributed by atoms with E-state index in [-0.39, 0.29) is 5.91 Å². The van der Waals surface area contributed by atoms with Gasteiger partial charge >= 0.3 is 0 Å². The maximum absolute atomic E-state index is 12.4. The quantitative estimate of drug-likeness (QED) is 0.682. The van der Waals surface area contributed by atoms with Crippen LogP contribution in [-0.4, -0.2) is 17.9 Å². The standard InChI is InChI=1S/C20H18ClNO/c1-22(14-18-8-4-5-9-19(18)21)20(23)13-15-10-11-16-6-2-3-7-17(16)12-15/h2-12H,13-14H2,1H3. The molecule has 0 radical (unpaired) electrons. The lowest BCUT2D eigenvalue weighted by atomic mass is 10.0. The lowest BCUT2D eigenvalue weighted by Gasteiger charge is -2.18. The van der Waals surface area contributed by atoms with Crippen LogP contribution < -0.4 is 0 Å². The van der Waals surface area contributed by atoms with E-state index in [2.05, 4.69) is 24.3 Å². The number of fused-ring (bicyclic) bond motifs is 1. The van der Waals surface area contributed by atoms with Crippen molar-refractivity contribution in [1.82, 2.24) is 4.90 Å². The lowest BCUT2D eigenvalue weighted by molar-refractivity contribution is -0.129. The summed E-state index contributed by atoms with van der Waals surface area (Å²) in [6, 6.07) is 21.9. The summed E-state index contributed by atoms with van der Waals surface area (Å²) in [5, 5.41) is 3.04. The predicted molar refractivity (Wildman–Crippen MR) is 95.6 cm³/mol. The van der Waals surface area contributed by atoms with E-state index in [1.165, 1.54) is 5.39 Å². The first kappa shape index (κ1) is 15.6. The Labute approximate surface area is 141 Å². The fourth-order valence-electron chi connectivity index (χ4n) is 2.63. The van der Waals surface area contributed by atoms with Crippen molar-refractivity contribution < 1.29 is 4.79 Å². The minimum Gasteiger partial charge on any atom is -0.341 e. The van der Waals surface area contributed by atoms with Crippen molar-refractivity contribution in [2.24, 2.45) is 0 Å². The third kappa shape index (κ3) is 3.72. The Balaban J connectivity index is 1.71. The van der Waals surface area contributed by atoms with Gasteiger partial charge in [0.05, 0.1) is 6.42 Å². The van der Waals surface area contributed by atoms with Crippen LogP contribution >= 0.6 is 11.6 Å². The van der Waals surface area contributed by atoms with Gasteiger partial charge in [0.1, 0.15) is 0 Å². The summed E-state index contributed by atoms with van der Waals surface area (Å²) in [6.07, 6.45) is 0.395. The number of hydrogen-bond donors (Lipinski definition) is 0. The highest BCUT2D eigenvalue weighted by Crippen LogP contribution is 2.18. The van der Waals surface area contributed by atoms with Gasteiger partial charge in [-0.3, -0.25) is 4.79 Å². The van der Waals surface area contributed by atoms with Crippen molar-refractivity contribution in [3.05, 3.63) is 82.9 Å². The number of halogens is 1. The van der Waals surface area contributed by atoms with Gasteiger partial charge in [-0.2, -0.15) is 0 Å². The fourth-order valence-corrected chi connectivity index (χ4v) is 2.82. The van der Waals surface area contributed by atoms with Crippen LogP contribution in [0.3, 0.4) is 0 Å². The van der Waals surface area contributed by atoms with Gasteiger partial charge < -0.3 is 4.90 Å². The number of likely N-dealkylation sites (N-methyl/N-ethyl adjacent to an activating group) is 1. The molecule has 0 unspecified atom stereocenters.